The second kappa shape index (κ2) is 5.17. The molecule has 0 spiro atoms. The predicted molar refractivity (Wildman–Crippen MR) is 80.1 cm³/mol. The van der Waals surface area contributed by atoms with E-state index in [0.717, 1.165) is 12.2 Å². The molecule has 19 heavy (non-hydrogen) atoms. The molecule has 3 heteroatoms. The van der Waals surface area contributed by atoms with Gasteiger partial charge in [-0.2, -0.15) is 5.10 Å². The maximum Gasteiger partial charge on any atom is 0.0697 e. The van der Waals surface area contributed by atoms with Crippen molar-refractivity contribution in [2.45, 2.75) is 46.7 Å². The van der Waals surface area contributed by atoms with Gasteiger partial charge in [-0.25, -0.2) is 0 Å². The Morgan fingerprint density at radius 1 is 1.21 bits per heavy atom. The SMILES string of the molecule is Cc1ccc(-c2[nH]ncc2CNC(C)(C)C)c(C)c1. The third kappa shape index (κ3) is 3.44. The van der Waals surface area contributed by atoms with E-state index in [-0.39, 0.29) is 5.54 Å². The lowest BCUT2D eigenvalue weighted by Gasteiger charge is -2.20. The molecule has 0 aliphatic heterocycles. The van der Waals surface area contributed by atoms with E-state index in [1.807, 2.05) is 6.20 Å². The maximum absolute atomic E-state index is 4.20. The van der Waals surface area contributed by atoms with Crippen LogP contribution in [0.4, 0.5) is 0 Å². The molecule has 0 aliphatic rings. The molecular formula is C16H23N3. The van der Waals surface area contributed by atoms with Crippen LogP contribution in [0.25, 0.3) is 11.3 Å². The average Bonchev–Trinajstić information content (AvgIpc) is 2.73. The van der Waals surface area contributed by atoms with Crippen LogP contribution in [0.2, 0.25) is 0 Å². The average molecular weight is 257 g/mol. The van der Waals surface area contributed by atoms with Crippen molar-refractivity contribution < 1.29 is 0 Å². The Balaban J connectivity index is 2.28. The van der Waals surface area contributed by atoms with E-state index < -0.39 is 0 Å². The minimum absolute atomic E-state index is 0.108. The number of aryl methyl sites for hydroxylation is 2. The fourth-order valence-electron chi connectivity index (χ4n) is 2.13. The molecule has 0 bridgehead atoms. The summed E-state index contributed by atoms with van der Waals surface area (Å²) in [4.78, 5) is 0. The molecule has 0 fully saturated rings. The van der Waals surface area contributed by atoms with Crippen LogP contribution < -0.4 is 5.32 Å². The zero-order valence-electron chi connectivity index (χ0n) is 12.5. The van der Waals surface area contributed by atoms with Crippen LogP contribution in [0.5, 0.6) is 0 Å². The summed E-state index contributed by atoms with van der Waals surface area (Å²) in [7, 11) is 0. The van der Waals surface area contributed by atoms with E-state index in [9.17, 15) is 0 Å². The minimum atomic E-state index is 0.108. The van der Waals surface area contributed by atoms with Crippen LogP contribution in [-0.2, 0) is 6.54 Å². The topological polar surface area (TPSA) is 40.7 Å². The van der Waals surface area contributed by atoms with Crippen LogP contribution in [-0.4, -0.2) is 15.7 Å². The van der Waals surface area contributed by atoms with E-state index in [1.54, 1.807) is 0 Å². The second-order valence-electron chi connectivity index (χ2n) is 6.19. The number of aromatic amines is 1. The number of rotatable bonds is 3. The van der Waals surface area contributed by atoms with E-state index in [1.165, 1.54) is 22.3 Å². The highest BCUT2D eigenvalue weighted by atomic mass is 15.1. The summed E-state index contributed by atoms with van der Waals surface area (Å²) in [6.45, 7) is 11.6. The van der Waals surface area contributed by atoms with Crippen molar-refractivity contribution in [3.8, 4) is 11.3 Å². The molecule has 2 N–H and O–H groups in total. The number of nitrogens with one attached hydrogen (secondary N) is 2. The standard InChI is InChI=1S/C16H23N3/c1-11-6-7-14(12(2)8-11)15-13(10-18-19-15)9-17-16(3,4)5/h6-8,10,17H,9H2,1-5H3,(H,18,19). The van der Waals surface area contributed by atoms with Gasteiger partial charge in [0.25, 0.3) is 0 Å². The van der Waals surface area contributed by atoms with Crippen molar-refractivity contribution in [2.24, 2.45) is 0 Å². The van der Waals surface area contributed by atoms with Gasteiger partial charge in [0, 0.05) is 23.2 Å². The van der Waals surface area contributed by atoms with Gasteiger partial charge in [0.15, 0.2) is 0 Å². The highest BCUT2D eigenvalue weighted by Gasteiger charge is 2.13. The molecule has 0 atom stereocenters. The molecule has 0 unspecified atom stereocenters. The monoisotopic (exact) mass is 257 g/mol. The van der Waals surface area contributed by atoms with Crippen LogP contribution in [0.3, 0.4) is 0 Å². The largest absolute Gasteiger partial charge is 0.308 e. The Morgan fingerprint density at radius 2 is 1.95 bits per heavy atom. The van der Waals surface area contributed by atoms with Gasteiger partial charge in [-0.05, 0) is 40.2 Å². The normalized spacial score (nSPS) is 11.8. The van der Waals surface area contributed by atoms with Crippen LogP contribution in [0, 0.1) is 13.8 Å². The summed E-state index contributed by atoms with van der Waals surface area (Å²) < 4.78 is 0. The molecule has 0 saturated carbocycles. The molecule has 2 rings (SSSR count). The van der Waals surface area contributed by atoms with Gasteiger partial charge < -0.3 is 5.32 Å². The molecule has 0 radical (unpaired) electrons. The van der Waals surface area contributed by atoms with Crippen molar-refractivity contribution in [3.63, 3.8) is 0 Å². The molecule has 102 valence electrons. The Kier molecular flexibility index (Phi) is 3.76. The molecule has 1 aromatic carbocycles. The van der Waals surface area contributed by atoms with Crippen molar-refractivity contribution in [2.75, 3.05) is 0 Å². The quantitative estimate of drug-likeness (QED) is 0.882. The lowest BCUT2D eigenvalue weighted by atomic mass is 10.00. The van der Waals surface area contributed by atoms with Crippen molar-refractivity contribution >= 4 is 0 Å². The Labute approximate surface area is 115 Å². The lowest BCUT2D eigenvalue weighted by Crippen LogP contribution is -2.35. The van der Waals surface area contributed by atoms with Gasteiger partial charge in [-0.3, -0.25) is 5.10 Å². The first kappa shape index (κ1) is 13.8. The first-order valence-electron chi connectivity index (χ1n) is 6.72. The molecule has 2 aromatic rings. The van der Waals surface area contributed by atoms with Gasteiger partial charge in [-0.15, -0.1) is 0 Å². The third-order valence-corrected chi connectivity index (χ3v) is 3.18. The number of benzene rings is 1. The Hall–Kier alpha value is -1.61. The summed E-state index contributed by atoms with van der Waals surface area (Å²) in [5, 5.41) is 10.8. The summed E-state index contributed by atoms with van der Waals surface area (Å²) in [6.07, 6.45) is 1.91. The number of H-pyrrole nitrogens is 1. The van der Waals surface area contributed by atoms with Gasteiger partial charge in [-0.1, -0.05) is 23.8 Å². The zero-order chi connectivity index (χ0) is 14.0. The first-order chi connectivity index (χ1) is 8.87. The van der Waals surface area contributed by atoms with Gasteiger partial charge >= 0.3 is 0 Å². The zero-order valence-corrected chi connectivity index (χ0v) is 12.5. The van der Waals surface area contributed by atoms with Gasteiger partial charge in [0.05, 0.1) is 11.9 Å². The highest BCUT2D eigenvalue weighted by Crippen LogP contribution is 2.25. The number of aromatic nitrogens is 2. The number of nitrogens with zero attached hydrogens (tertiary/aromatic N) is 1. The van der Waals surface area contributed by atoms with E-state index in [4.69, 9.17) is 0 Å². The van der Waals surface area contributed by atoms with Crippen molar-refractivity contribution in [3.05, 3.63) is 41.1 Å². The smallest absolute Gasteiger partial charge is 0.0697 e. The summed E-state index contributed by atoms with van der Waals surface area (Å²) >= 11 is 0. The van der Waals surface area contributed by atoms with Crippen LogP contribution in [0.1, 0.15) is 37.5 Å². The fourth-order valence-corrected chi connectivity index (χ4v) is 2.13. The molecule has 1 heterocycles. The molecule has 3 nitrogen and oxygen atoms in total. The predicted octanol–water partition coefficient (Wildman–Crippen LogP) is 3.58. The van der Waals surface area contributed by atoms with Crippen molar-refractivity contribution in [1.82, 2.24) is 15.5 Å². The Bertz CT molecular complexity index is 562. The fraction of sp³-hybridized carbons (Fsp3) is 0.438. The summed E-state index contributed by atoms with van der Waals surface area (Å²) in [5.74, 6) is 0. The van der Waals surface area contributed by atoms with Crippen molar-refractivity contribution in [1.29, 1.82) is 0 Å². The summed E-state index contributed by atoms with van der Waals surface area (Å²) in [6, 6.07) is 6.51. The lowest BCUT2D eigenvalue weighted by molar-refractivity contribution is 0.424. The molecule has 1 aromatic heterocycles. The van der Waals surface area contributed by atoms with Gasteiger partial charge in [0.1, 0.15) is 0 Å². The summed E-state index contributed by atoms with van der Waals surface area (Å²) in [5.41, 5.74) is 6.23. The Morgan fingerprint density at radius 3 is 2.58 bits per heavy atom. The van der Waals surface area contributed by atoms with E-state index in [2.05, 4.69) is 68.3 Å². The molecule has 0 amide bonds. The van der Waals surface area contributed by atoms with Crippen LogP contribution >= 0.6 is 0 Å². The van der Waals surface area contributed by atoms with E-state index in [0.29, 0.717) is 0 Å². The third-order valence-electron chi connectivity index (χ3n) is 3.18. The molecule has 0 aliphatic carbocycles. The first-order valence-corrected chi connectivity index (χ1v) is 6.72. The highest BCUT2D eigenvalue weighted by molar-refractivity contribution is 5.66. The number of hydrogen-bond donors (Lipinski definition) is 2. The molecular weight excluding hydrogens is 234 g/mol. The molecule has 0 saturated heterocycles. The van der Waals surface area contributed by atoms with Crippen LogP contribution in [0.15, 0.2) is 24.4 Å². The second-order valence-corrected chi connectivity index (χ2v) is 6.19. The minimum Gasteiger partial charge on any atom is -0.308 e. The number of hydrogen-bond acceptors (Lipinski definition) is 2. The van der Waals surface area contributed by atoms with E-state index >= 15 is 0 Å². The van der Waals surface area contributed by atoms with Gasteiger partial charge in [0.2, 0.25) is 0 Å². The maximum atomic E-state index is 4.20.